The largest absolute Gasteiger partial charge is 0.497 e. The molecule has 0 radical (unpaired) electrons. The Morgan fingerprint density at radius 2 is 1.66 bits per heavy atom. The second-order valence-electron chi connectivity index (χ2n) is 7.56. The van der Waals surface area contributed by atoms with Gasteiger partial charge in [-0.2, -0.15) is 0 Å². The molecular formula is C22H23ClN2O4. The highest BCUT2D eigenvalue weighted by atomic mass is 35.5. The van der Waals surface area contributed by atoms with E-state index in [4.69, 9.17) is 16.3 Å². The van der Waals surface area contributed by atoms with Gasteiger partial charge in [0, 0.05) is 18.1 Å². The number of ether oxygens (including phenoxy) is 1. The van der Waals surface area contributed by atoms with Gasteiger partial charge in [0.15, 0.2) is 0 Å². The number of piperidine rings is 1. The van der Waals surface area contributed by atoms with Crippen molar-refractivity contribution in [1.29, 1.82) is 0 Å². The summed E-state index contributed by atoms with van der Waals surface area (Å²) in [4.78, 5) is 28.8. The Labute approximate surface area is 174 Å². The molecule has 2 amide bonds. The van der Waals surface area contributed by atoms with Crippen LogP contribution in [0.3, 0.4) is 0 Å². The lowest BCUT2D eigenvalue weighted by Gasteiger charge is -2.40. The van der Waals surface area contributed by atoms with Crippen molar-refractivity contribution in [3.8, 4) is 5.75 Å². The molecule has 2 saturated heterocycles. The number of hydrogen-bond acceptors (Lipinski definition) is 5. The van der Waals surface area contributed by atoms with Gasteiger partial charge in [-0.3, -0.25) is 14.5 Å². The number of benzene rings is 2. The number of methoxy groups -OCH3 is 1. The fourth-order valence-electron chi connectivity index (χ4n) is 4.16. The van der Waals surface area contributed by atoms with Gasteiger partial charge in [0.1, 0.15) is 5.75 Å². The molecule has 0 unspecified atom stereocenters. The molecule has 2 aromatic carbocycles. The number of anilines is 1. The number of carbonyl (C=O) groups is 2. The molecule has 2 aliphatic heterocycles. The lowest BCUT2D eigenvalue weighted by Crippen LogP contribution is -2.49. The first-order valence-electron chi connectivity index (χ1n) is 9.65. The molecule has 0 bridgehead atoms. The summed E-state index contributed by atoms with van der Waals surface area (Å²) in [5.41, 5.74) is 0.441. The standard InChI is InChI=1S/C22H23ClN2O4/c1-29-18-8-6-17(7-9-18)25-20(26)14-19(21(25)27)24-12-10-22(28,11-13-24)15-2-4-16(23)5-3-15/h2-9,19,28H,10-14H2,1H3/t19-/m1/s1. The first-order chi connectivity index (χ1) is 13.9. The summed E-state index contributed by atoms with van der Waals surface area (Å²) in [7, 11) is 1.57. The fourth-order valence-corrected chi connectivity index (χ4v) is 4.28. The van der Waals surface area contributed by atoms with Crippen molar-refractivity contribution < 1.29 is 19.4 Å². The number of aliphatic hydroxyl groups is 1. The number of imide groups is 1. The fraction of sp³-hybridized carbons (Fsp3) is 0.364. The molecular weight excluding hydrogens is 392 g/mol. The SMILES string of the molecule is COc1ccc(N2C(=O)C[C@@H](N3CCC(O)(c4ccc(Cl)cc4)CC3)C2=O)cc1. The summed E-state index contributed by atoms with van der Waals surface area (Å²) < 4.78 is 5.14. The molecule has 2 heterocycles. The predicted octanol–water partition coefficient (Wildman–Crippen LogP) is 2.96. The summed E-state index contributed by atoms with van der Waals surface area (Å²) in [5, 5.41) is 11.7. The van der Waals surface area contributed by atoms with Crippen LogP contribution in [0, 0.1) is 0 Å². The molecule has 0 aromatic heterocycles. The minimum atomic E-state index is -0.942. The van der Waals surface area contributed by atoms with Crippen molar-refractivity contribution in [2.45, 2.75) is 30.9 Å². The molecule has 4 rings (SSSR count). The van der Waals surface area contributed by atoms with Gasteiger partial charge >= 0.3 is 0 Å². The van der Waals surface area contributed by atoms with Crippen LogP contribution in [0.15, 0.2) is 48.5 Å². The number of likely N-dealkylation sites (tertiary alicyclic amines) is 1. The van der Waals surface area contributed by atoms with Crippen molar-refractivity contribution in [2.75, 3.05) is 25.1 Å². The minimum Gasteiger partial charge on any atom is -0.497 e. The van der Waals surface area contributed by atoms with Gasteiger partial charge in [-0.05, 0) is 54.8 Å². The zero-order valence-corrected chi connectivity index (χ0v) is 16.9. The van der Waals surface area contributed by atoms with E-state index in [2.05, 4.69) is 0 Å². The maximum absolute atomic E-state index is 13.0. The summed E-state index contributed by atoms with van der Waals surface area (Å²) in [6.45, 7) is 1.08. The van der Waals surface area contributed by atoms with E-state index in [1.807, 2.05) is 17.0 Å². The number of halogens is 1. The number of nitrogens with zero attached hydrogens (tertiary/aromatic N) is 2. The third-order valence-electron chi connectivity index (χ3n) is 5.90. The van der Waals surface area contributed by atoms with E-state index >= 15 is 0 Å². The van der Waals surface area contributed by atoms with Gasteiger partial charge in [0.2, 0.25) is 5.91 Å². The van der Waals surface area contributed by atoms with E-state index in [1.54, 1.807) is 43.5 Å². The number of amides is 2. The lowest BCUT2D eigenvalue weighted by molar-refractivity contribution is -0.124. The van der Waals surface area contributed by atoms with E-state index in [0.29, 0.717) is 42.4 Å². The van der Waals surface area contributed by atoms with E-state index < -0.39 is 11.6 Å². The van der Waals surface area contributed by atoms with Crippen molar-refractivity contribution in [3.63, 3.8) is 0 Å². The van der Waals surface area contributed by atoms with Crippen LogP contribution in [0.25, 0.3) is 0 Å². The zero-order chi connectivity index (χ0) is 20.6. The van der Waals surface area contributed by atoms with Crippen molar-refractivity contribution in [1.82, 2.24) is 4.90 Å². The Morgan fingerprint density at radius 3 is 2.24 bits per heavy atom. The third kappa shape index (κ3) is 3.75. The van der Waals surface area contributed by atoms with Gasteiger partial charge in [-0.25, -0.2) is 4.90 Å². The molecule has 2 aliphatic rings. The molecule has 29 heavy (non-hydrogen) atoms. The van der Waals surface area contributed by atoms with Gasteiger partial charge < -0.3 is 9.84 Å². The molecule has 0 saturated carbocycles. The first-order valence-corrected chi connectivity index (χ1v) is 10.0. The maximum atomic E-state index is 13.0. The highest BCUT2D eigenvalue weighted by Crippen LogP contribution is 2.36. The molecule has 1 N–H and O–H groups in total. The zero-order valence-electron chi connectivity index (χ0n) is 16.2. The third-order valence-corrected chi connectivity index (χ3v) is 6.15. The molecule has 0 aliphatic carbocycles. The van der Waals surface area contributed by atoms with Crippen LogP contribution in [0.2, 0.25) is 5.02 Å². The molecule has 1 atom stereocenters. The van der Waals surface area contributed by atoms with Crippen LogP contribution in [0.5, 0.6) is 5.75 Å². The van der Waals surface area contributed by atoms with E-state index in [1.165, 1.54) is 4.90 Å². The van der Waals surface area contributed by atoms with E-state index in [-0.39, 0.29) is 18.2 Å². The summed E-state index contributed by atoms with van der Waals surface area (Å²) in [6.07, 6.45) is 1.15. The Hall–Kier alpha value is -2.41. The highest BCUT2D eigenvalue weighted by Gasteiger charge is 2.45. The summed E-state index contributed by atoms with van der Waals surface area (Å²) >= 11 is 5.95. The van der Waals surface area contributed by atoms with Crippen LogP contribution in [-0.2, 0) is 15.2 Å². The number of hydrogen-bond donors (Lipinski definition) is 1. The minimum absolute atomic E-state index is 0.157. The van der Waals surface area contributed by atoms with Crippen molar-refractivity contribution in [3.05, 3.63) is 59.1 Å². The monoisotopic (exact) mass is 414 g/mol. The molecule has 2 fully saturated rings. The molecule has 0 spiro atoms. The first kappa shape index (κ1) is 19.9. The normalized spacial score (nSPS) is 22.2. The van der Waals surface area contributed by atoms with Crippen LogP contribution in [0.4, 0.5) is 5.69 Å². The average Bonchev–Trinajstić information content (AvgIpc) is 3.03. The maximum Gasteiger partial charge on any atom is 0.251 e. The smallest absolute Gasteiger partial charge is 0.251 e. The quantitative estimate of drug-likeness (QED) is 0.779. The molecule has 6 nitrogen and oxygen atoms in total. The van der Waals surface area contributed by atoms with Gasteiger partial charge in [0.05, 0.1) is 30.9 Å². The van der Waals surface area contributed by atoms with Crippen LogP contribution >= 0.6 is 11.6 Å². The van der Waals surface area contributed by atoms with Crippen LogP contribution in [0.1, 0.15) is 24.8 Å². The molecule has 152 valence electrons. The van der Waals surface area contributed by atoms with Crippen LogP contribution in [-0.4, -0.2) is 48.1 Å². The Bertz CT molecular complexity index is 905. The highest BCUT2D eigenvalue weighted by molar-refractivity contribution is 6.30. The van der Waals surface area contributed by atoms with E-state index in [0.717, 1.165) is 5.56 Å². The molecule has 7 heteroatoms. The topological polar surface area (TPSA) is 70.1 Å². The van der Waals surface area contributed by atoms with Crippen molar-refractivity contribution in [2.24, 2.45) is 0 Å². The molecule has 2 aromatic rings. The Kier molecular flexibility index (Phi) is 5.34. The number of rotatable bonds is 4. The second-order valence-corrected chi connectivity index (χ2v) is 8.00. The average molecular weight is 415 g/mol. The van der Waals surface area contributed by atoms with Crippen molar-refractivity contribution >= 4 is 29.1 Å². The Balaban J connectivity index is 1.45. The van der Waals surface area contributed by atoms with Gasteiger partial charge in [0.25, 0.3) is 5.91 Å². The predicted molar refractivity (Wildman–Crippen MR) is 110 cm³/mol. The lowest BCUT2D eigenvalue weighted by atomic mass is 9.84. The van der Waals surface area contributed by atoms with Gasteiger partial charge in [-0.15, -0.1) is 0 Å². The number of carbonyl (C=O) groups excluding carboxylic acids is 2. The summed E-state index contributed by atoms with van der Waals surface area (Å²) in [5.74, 6) is 0.253. The van der Waals surface area contributed by atoms with Gasteiger partial charge in [-0.1, -0.05) is 23.7 Å². The Morgan fingerprint density at radius 1 is 1.03 bits per heavy atom. The summed E-state index contributed by atoms with van der Waals surface area (Å²) in [6, 6.07) is 13.6. The van der Waals surface area contributed by atoms with Crippen LogP contribution < -0.4 is 9.64 Å². The van der Waals surface area contributed by atoms with E-state index in [9.17, 15) is 14.7 Å². The second kappa shape index (κ2) is 7.78.